The Morgan fingerprint density at radius 3 is 2.65 bits per heavy atom. The smallest absolute Gasteiger partial charge is 0.251 e. The van der Waals surface area contributed by atoms with E-state index in [2.05, 4.69) is 16.0 Å². The van der Waals surface area contributed by atoms with Gasteiger partial charge in [0.05, 0.1) is 6.54 Å². The van der Waals surface area contributed by atoms with Crippen molar-refractivity contribution in [2.45, 2.75) is 32.7 Å². The van der Waals surface area contributed by atoms with Gasteiger partial charge in [-0.1, -0.05) is 0 Å². The molecule has 1 aliphatic carbocycles. The van der Waals surface area contributed by atoms with Crippen LogP contribution in [0, 0.1) is 6.92 Å². The quantitative estimate of drug-likeness (QED) is 0.735. The van der Waals surface area contributed by atoms with Crippen LogP contribution in [0.5, 0.6) is 0 Å². The molecule has 0 aromatic heterocycles. The standard InChI is InChI=1S/C15H21N3O2/c1-3-16-15(20)11-4-7-13(10(2)8-11)18-14(19)9-17-12-5-6-12/h4,7-8,12,17H,3,5-6,9H2,1-2H3,(H,16,20)(H,18,19). The second-order valence-corrected chi connectivity index (χ2v) is 5.09. The van der Waals surface area contributed by atoms with E-state index in [-0.39, 0.29) is 11.8 Å². The molecule has 3 N–H and O–H groups in total. The van der Waals surface area contributed by atoms with Crippen LogP contribution in [-0.2, 0) is 4.79 Å². The first kappa shape index (κ1) is 14.5. The summed E-state index contributed by atoms with van der Waals surface area (Å²) in [6.45, 7) is 4.70. The Hall–Kier alpha value is -1.88. The molecule has 0 heterocycles. The van der Waals surface area contributed by atoms with E-state index >= 15 is 0 Å². The monoisotopic (exact) mass is 275 g/mol. The van der Waals surface area contributed by atoms with E-state index in [1.807, 2.05) is 13.8 Å². The van der Waals surface area contributed by atoms with Crippen LogP contribution in [0.1, 0.15) is 35.7 Å². The second kappa shape index (κ2) is 6.52. The molecule has 1 aromatic carbocycles. The fraction of sp³-hybridized carbons (Fsp3) is 0.467. The fourth-order valence-corrected chi connectivity index (χ4v) is 1.93. The number of hydrogen-bond acceptors (Lipinski definition) is 3. The molecule has 0 spiro atoms. The van der Waals surface area contributed by atoms with Gasteiger partial charge in [-0.15, -0.1) is 0 Å². The first-order valence-electron chi connectivity index (χ1n) is 7.02. The number of hydrogen-bond donors (Lipinski definition) is 3. The van der Waals surface area contributed by atoms with E-state index in [9.17, 15) is 9.59 Å². The zero-order valence-electron chi connectivity index (χ0n) is 12.0. The van der Waals surface area contributed by atoms with Gasteiger partial charge in [0.15, 0.2) is 0 Å². The molecule has 1 aliphatic rings. The fourth-order valence-electron chi connectivity index (χ4n) is 1.93. The summed E-state index contributed by atoms with van der Waals surface area (Å²) in [5, 5.41) is 8.78. The Morgan fingerprint density at radius 2 is 2.05 bits per heavy atom. The minimum atomic E-state index is -0.0936. The van der Waals surface area contributed by atoms with Crippen LogP contribution in [0.25, 0.3) is 0 Å². The lowest BCUT2D eigenvalue weighted by Crippen LogP contribution is -2.29. The second-order valence-electron chi connectivity index (χ2n) is 5.09. The van der Waals surface area contributed by atoms with Gasteiger partial charge in [-0.2, -0.15) is 0 Å². The van der Waals surface area contributed by atoms with E-state index in [0.29, 0.717) is 24.7 Å². The lowest BCUT2D eigenvalue weighted by atomic mass is 10.1. The number of amides is 2. The highest BCUT2D eigenvalue weighted by atomic mass is 16.2. The minimum absolute atomic E-state index is 0.0502. The predicted octanol–water partition coefficient (Wildman–Crippen LogP) is 1.44. The molecule has 0 atom stereocenters. The maximum absolute atomic E-state index is 11.8. The highest BCUT2D eigenvalue weighted by Crippen LogP contribution is 2.19. The van der Waals surface area contributed by atoms with E-state index < -0.39 is 0 Å². The minimum Gasteiger partial charge on any atom is -0.352 e. The molecule has 2 amide bonds. The van der Waals surface area contributed by atoms with Gasteiger partial charge in [-0.05, 0) is 50.5 Å². The zero-order valence-corrected chi connectivity index (χ0v) is 12.0. The van der Waals surface area contributed by atoms with Crippen molar-refractivity contribution >= 4 is 17.5 Å². The molecule has 0 saturated heterocycles. The van der Waals surface area contributed by atoms with Gasteiger partial charge in [-0.25, -0.2) is 0 Å². The molecular formula is C15H21N3O2. The van der Waals surface area contributed by atoms with Crippen LogP contribution >= 0.6 is 0 Å². The maximum atomic E-state index is 11.8. The van der Waals surface area contributed by atoms with Gasteiger partial charge in [0, 0.05) is 23.8 Å². The van der Waals surface area contributed by atoms with Crippen molar-refractivity contribution in [3.05, 3.63) is 29.3 Å². The Bertz CT molecular complexity index is 510. The average molecular weight is 275 g/mol. The van der Waals surface area contributed by atoms with E-state index in [1.165, 1.54) is 0 Å². The summed E-state index contributed by atoms with van der Waals surface area (Å²) >= 11 is 0. The van der Waals surface area contributed by atoms with E-state index in [0.717, 1.165) is 24.1 Å². The molecule has 0 radical (unpaired) electrons. The average Bonchev–Trinajstić information content (AvgIpc) is 3.23. The molecule has 1 fully saturated rings. The SMILES string of the molecule is CCNC(=O)c1ccc(NC(=O)CNC2CC2)c(C)c1. The highest BCUT2D eigenvalue weighted by Gasteiger charge is 2.21. The topological polar surface area (TPSA) is 70.2 Å². The van der Waals surface area contributed by atoms with Crippen molar-refractivity contribution in [3.8, 4) is 0 Å². The van der Waals surface area contributed by atoms with Crippen molar-refractivity contribution in [3.63, 3.8) is 0 Å². The predicted molar refractivity (Wildman–Crippen MR) is 78.8 cm³/mol. The van der Waals surface area contributed by atoms with Gasteiger partial charge < -0.3 is 16.0 Å². The summed E-state index contributed by atoms with van der Waals surface area (Å²) in [7, 11) is 0. The molecule has 5 heteroatoms. The van der Waals surface area contributed by atoms with Crippen LogP contribution in [0.3, 0.4) is 0 Å². The van der Waals surface area contributed by atoms with Gasteiger partial charge in [0.2, 0.25) is 5.91 Å². The van der Waals surface area contributed by atoms with Crippen molar-refractivity contribution in [2.24, 2.45) is 0 Å². The Labute approximate surface area is 119 Å². The lowest BCUT2D eigenvalue weighted by molar-refractivity contribution is -0.115. The number of carbonyl (C=O) groups is 2. The normalized spacial score (nSPS) is 13.9. The highest BCUT2D eigenvalue weighted by molar-refractivity contribution is 5.97. The van der Waals surface area contributed by atoms with Crippen LogP contribution in [0.15, 0.2) is 18.2 Å². The summed E-state index contributed by atoms with van der Waals surface area (Å²) in [6.07, 6.45) is 2.32. The third-order valence-electron chi connectivity index (χ3n) is 3.23. The van der Waals surface area contributed by atoms with Crippen LogP contribution in [0.4, 0.5) is 5.69 Å². The molecule has 0 bridgehead atoms. The third-order valence-corrected chi connectivity index (χ3v) is 3.23. The molecule has 1 aromatic rings. The van der Waals surface area contributed by atoms with Crippen LogP contribution in [-0.4, -0.2) is 30.9 Å². The maximum Gasteiger partial charge on any atom is 0.251 e. The van der Waals surface area contributed by atoms with Gasteiger partial charge >= 0.3 is 0 Å². The van der Waals surface area contributed by atoms with Gasteiger partial charge in [0.1, 0.15) is 0 Å². The van der Waals surface area contributed by atoms with Crippen molar-refractivity contribution in [2.75, 3.05) is 18.4 Å². The van der Waals surface area contributed by atoms with Gasteiger partial charge in [-0.3, -0.25) is 9.59 Å². The molecule has 1 saturated carbocycles. The number of anilines is 1. The summed E-state index contributed by atoms with van der Waals surface area (Å²) in [4.78, 5) is 23.5. The number of carbonyl (C=O) groups excluding carboxylic acids is 2. The number of benzene rings is 1. The lowest BCUT2D eigenvalue weighted by Gasteiger charge is -2.10. The summed E-state index contributed by atoms with van der Waals surface area (Å²) in [6, 6.07) is 5.80. The molecule has 0 aliphatic heterocycles. The molecule has 20 heavy (non-hydrogen) atoms. The summed E-state index contributed by atoms with van der Waals surface area (Å²) in [5.74, 6) is -0.144. The molecule has 108 valence electrons. The zero-order chi connectivity index (χ0) is 14.5. The van der Waals surface area contributed by atoms with Crippen molar-refractivity contribution < 1.29 is 9.59 Å². The van der Waals surface area contributed by atoms with Crippen molar-refractivity contribution in [1.29, 1.82) is 0 Å². The summed E-state index contributed by atoms with van der Waals surface area (Å²) < 4.78 is 0. The summed E-state index contributed by atoms with van der Waals surface area (Å²) in [5.41, 5.74) is 2.24. The third kappa shape index (κ3) is 4.06. The molecule has 2 rings (SSSR count). The molecule has 5 nitrogen and oxygen atoms in total. The largest absolute Gasteiger partial charge is 0.352 e. The first-order valence-corrected chi connectivity index (χ1v) is 7.02. The number of aryl methyl sites for hydroxylation is 1. The number of nitrogens with one attached hydrogen (secondary N) is 3. The Balaban J connectivity index is 1.94. The van der Waals surface area contributed by atoms with Crippen molar-refractivity contribution in [1.82, 2.24) is 10.6 Å². The Kier molecular flexibility index (Phi) is 4.74. The Morgan fingerprint density at radius 1 is 1.30 bits per heavy atom. The first-order chi connectivity index (χ1) is 9.60. The van der Waals surface area contributed by atoms with E-state index in [1.54, 1.807) is 18.2 Å². The van der Waals surface area contributed by atoms with Crippen LogP contribution < -0.4 is 16.0 Å². The van der Waals surface area contributed by atoms with Crippen LogP contribution in [0.2, 0.25) is 0 Å². The van der Waals surface area contributed by atoms with Gasteiger partial charge in [0.25, 0.3) is 5.91 Å². The molecular weight excluding hydrogens is 254 g/mol. The van der Waals surface area contributed by atoms with E-state index in [4.69, 9.17) is 0 Å². The molecule has 0 unspecified atom stereocenters. The number of rotatable bonds is 6.